The Morgan fingerprint density at radius 1 is 1.53 bits per heavy atom. The van der Waals surface area contributed by atoms with Crippen LogP contribution in [0.2, 0.25) is 0 Å². The van der Waals surface area contributed by atoms with E-state index in [0.717, 1.165) is 25.4 Å². The summed E-state index contributed by atoms with van der Waals surface area (Å²) in [6.45, 7) is 1.85. The Kier molecular flexibility index (Phi) is 3.16. The molecular weight excluding hydrogens is 190 g/mol. The molecule has 1 aromatic heterocycles. The van der Waals surface area contributed by atoms with Gasteiger partial charge in [-0.25, -0.2) is 9.97 Å². The topological polar surface area (TPSA) is 47.0 Å². The fourth-order valence-electron chi connectivity index (χ4n) is 1.68. The van der Waals surface area contributed by atoms with Crippen molar-refractivity contribution in [1.82, 2.24) is 9.97 Å². The van der Waals surface area contributed by atoms with E-state index in [1.54, 1.807) is 19.6 Å². The number of aromatic nitrogens is 2. The van der Waals surface area contributed by atoms with Crippen LogP contribution in [0.1, 0.15) is 19.3 Å². The first-order valence-corrected chi connectivity index (χ1v) is 5.33. The number of hydrogen-bond acceptors (Lipinski definition) is 4. The maximum absolute atomic E-state index is 5.12. The highest BCUT2D eigenvalue weighted by Crippen LogP contribution is 2.48. The van der Waals surface area contributed by atoms with Gasteiger partial charge in [-0.15, -0.1) is 0 Å². The third kappa shape index (κ3) is 2.89. The summed E-state index contributed by atoms with van der Waals surface area (Å²) in [5, 5.41) is 3.35. The van der Waals surface area contributed by atoms with Gasteiger partial charge in [-0.2, -0.15) is 0 Å². The van der Waals surface area contributed by atoms with Crippen LogP contribution in [0, 0.1) is 5.41 Å². The number of nitrogens with zero attached hydrogens (tertiary/aromatic N) is 2. The van der Waals surface area contributed by atoms with Crippen molar-refractivity contribution < 1.29 is 4.74 Å². The van der Waals surface area contributed by atoms with Gasteiger partial charge >= 0.3 is 0 Å². The van der Waals surface area contributed by atoms with Crippen molar-refractivity contribution in [1.29, 1.82) is 0 Å². The Labute approximate surface area is 90.1 Å². The molecule has 15 heavy (non-hydrogen) atoms. The molecule has 0 aliphatic heterocycles. The highest BCUT2D eigenvalue weighted by Gasteiger charge is 2.41. The lowest BCUT2D eigenvalue weighted by Crippen LogP contribution is -2.17. The first kappa shape index (κ1) is 10.4. The monoisotopic (exact) mass is 207 g/mol. The van der Waals surface area contributed by atoms with Gasteiger partial charge < -0.3 is 10.1 Å². The van der Waals surface area contributed by atoms with Crippen molar-refractivity contribution in [2.75, 3.05) is 25.6 Å². The van der Waals surface area contributed by atoms with E-state index < -0.39 is 0 Å². The maximum atomic E-state index is 5.12. The molecule has 4 nitrogen and oxygen atoms in total. The average molecular weight is 207 g/mol. The Hall–Kier alpha value is -1.16. The summed E-state index contributed by atoms with van der Waals surface area (Å²) in [6.07, 6.45) is 7.06. The van der Waals surface area contributed by atoms with Crippen molar-refractivity contribution in [3.05, 3.63) is 18.6 Å². The van der Waals surface area contributed by atoms with Crippen molar-refractivity contribution in [2.45, 2.75) is 19.3 Å². The van der Waals surface area contributed by atoms with Crippen LogP contribution >= 0.6 is 0 Å². The average Bonchev–Trinajstić information content (AvgIpc) is 3.06. The van der Waals surface area contributed by atoms with Crippen LogP contribution in [0.3, 0.4) is 0 Å². The van der Waals surface area contributed by atoms with E-state index in [-0.39, 0.29) is 0 Å². The lowest BCUT2D eigenvalue weighted by molar-refractivity contribution is 0.175. The summed E-state index contributed by atoms with van der Waals surface area (Å²) in [7, 11) is 1.76. The van der Waals surface area contributed by atoms with Crippen molar-refractivity contribution in [3.8, 4) is 0 Å². The van der Waals surface area contributed by atoms with Crippen LogP contribution in [-0.2, 0) is 4.74 Å². The summed E-state index contributed by atoms with van der Waals surface area (Å²) in [5.74, 6) is 0.911. The second-order valence-corrected chi connectivity index (χ2v) is 4.19. The van der Waals surface area contributed by atoms with Crippen LogP contribution in [0.4, 0.5) is 5.82 Å². The van der Waals surface area contributed by atoms with Gasteiger partial charge in [-0.1, -0.05) is 0 Å². The van der Waals surface area contributed by atoms with E-state index in [9.17, 15) is 0 Å². The van der Waals surface area contributed by atoms with E-state index in [2.05, 4.69) is 15.3 Å². The van der Waals surface area contributed by atoms with E-state index in [4.69, 9.17) is 4.74 Å². The van der Waals surface area contributed by atoms with Crippen LogP contribution in [0.25, 0.3) is 0 Å². The van der Waals surface area contributed by atoms with Gasteiger partial charge in [0, 0.05) is 26.5 Å². The second kappa shape index (κ2) is 4.57. The number of nitrogens with one attached hydrogen (secondary N) is 1. The molecule has 0 saturated heterocycles. The highest BCUT2D eigenvalue weighted by molar-refractivity contribution is 5.32. The third-order valence-corrected chi connectivity index (χ3v) is 3.02. The first-order chi connectivity index (χ1) is 7.35. The summed E-state index contributed by atoms with van der Waals surface area (Å²) < 4.78 is 5.12. The molecule has 0 unspecified atom stereocenters. The van der Waals surface area contributed by atoms with Crippen LogP contribution < -0.4 is 5.32 Å². The zero-order valence-electron chi connectivity index (χ0n) is 9.07. The standard InChI is InChI=1S/C11H17N3O/c1-15-7-5-11(3-4-11)8-13-10-2-6-12-9-14-10/h2,6,9H,3-5,7-8H2,1H3,(H,12,13,14). The molecule has 1 aliphatic rings. The molecule has 1 aliphatic carbocycles. The number of hydrogen-bond donors (Lipinski definition) is 1. The molecule has 1 fully saturated rings. The Morgan fingerprint density at radius 2 is 2.40 bits per heavy atom. The van der Waals surface area contributed by atoms with Crippen molar-refractivity contribution in [2.24, 2.45) is 5.41 Å². The fraction of sp³-hybridized carbons (Fsp3) is 0.636. The summed E-state index contributed by atoms with van der Waals surface area (Å²) in [5.41, 5.74) is 0.459. The van der Waals surface area contributed by atoms with Gasteiger partial charge in [0.1, 0.15) is 12.1 Å². The number of methoxy groups -OCH3 is 1. The molecule has 0 aromatic carbocycles. The molecule has 0 atom stereocenters. The van der Waals surface area contributed by atoms with Gasteiger partial charge in [-0.05, 0) is 30.7 Å². The van der Waals surface area contributed by atoms with Gasteiger partial charge in [0.25, 0.3) is 0 Å². The van der Waals surface area contributed by atoms with Gasteiger partial charge in [-0.3, -0.25) is 0 Å². The molecular formula is C11H17N3O. The molecule has 1 aromatic rings. The molecule has 0 bridgehead atoms. The minimum absolute atomic E-state index is 0.459. The van der Waals surface area contributed by atoms with E-state index >= 15 is 0 Å². The smallest absolute Gasteiger partial charge is 0.129 e. The summed E-state index contributed by atoms with van der Waals surface area (Å²) >= 11 is 0. The summed E-state index contributed by atoms with van der Waals surface area (Å²) in [4.78, 5) is 8.02. The SMILES string of the molecule is COCCC1(CNc2ccncn2)CC1. The van der Waals surface area contributed by atoms with Crippen molar-refractivity contribution in [3.63, 3.8) is 0 Å². The maximum Gasteiger partial charge on any atom is 0.129 e. The quantitative estimate of drug-likeness (QED) is 0.771. The molecule has 0 radical (unpaired) electrons. The molecule has 4 heteroatoms. The second-order valence-electron chi connectivity index (χ2n) is 4.19. The zero-order chi connectivity index (χ0) is 10.6. The van der Waals surface area contributed by atoms with Crippen LogP contribution in [0.5, 0.6) is 0 Å². The highest BCUT2D eigenvalue weighted by atomic mass is 16.5. The molecule has 1 heterocycles. The third-order valence-electron chi connectivity index (χ3n) is 3.02. The number of ether oxygens (including phenoxy) is 1. The molecule has 1 N–H and O–H groups in total. The predicted molar refractivity (Wildman–Crippen MR) is 58.7 cm³/mol. The molecule has 2 rings (SSSR count). The number of anilines is 1. The van der Waals surface area contributed by atoms with Gasteiger partial charge in [0.05, 0.1) is 0 Å². The lowest BCUT2D eigenvalue weighted by atomic mass is 10.0. The molecule has 0 spiro atoms. The minimum Gasteiger partial charge on any atom is -0.385 e. The normalized spacial score (nSPS) is 17.4. The van der Waals surface area contributed by atoms with E-state index in [1.807, 2.05) is 6.07 Å². The Bertz CT molecular complexity index is 298. The van der Waals surface area contributed by atoms with Gasteiger partial charge in [0.2, 0.25) is 0 Å². The summed E-state index contributed by atoms with van der Waals surface area (Å²) in [6, 6.07) is 1.90. The number of rotatable bonds is 6. The van der Waals surface area contributed by atoms with Crippen molar-refractivity contribution >= 4 is 5.82 Å². The predicted octanol–water partition coefficient (Wildman–Crippen LogP) is 1.71. The molecule has 0 amide bonds. The zero-order valence-corrected chi connectivity index (χ0v) is 9.07. The Morgan fingerprint density at radius 3 is 3.00 bits per heavy atom. The van der Waals surface area contributed by atoms with Crippen LogP contribution in [0.15, 0.2) is 18.6 Å². The van der Waals surface area contributed by atoms with Gasteiger partial charge in [0.15, 0.2) is 0 Å². The largest absolute Gasteiger partial charge is 0.385 e. The lowest BCUT2D eigenvalue weighted by Gasteiger charge is -2.15. The Balaban J connectivity index is 1.78. The van der Waals surface area contributed by atoms with Crippen LogP contribution in [-0.4, -0.2) is 30.2 Å². The molecule has 82 valence electrons. The first-order valence-electron chi connectivity index (χ1n) is 5.33. The fourth-order valence-corrected chi connectivity index (χ4v) is 1.68. The van der Waals surface area contributed by atoms with E-state index in [0.29, 0.717) is 5.41 Å². The molecule has 1 saturated carbocycles. The van der Waals surface area contributed by atoms with E-state index in [1.165, 1.54) is 12.8 Å². The minimum atomic E-state index is 0.459.